The van der Waals surface area contributed by atoms with Gasteiger partial charge < -0.3 is 5.32 Å². The van der Waals surface area contributed by atoms with E-state index in [9.17, 15) is 4.79 Å². The Kier molecular flexibility index (Phi) is 3.46. The van der Waals surface area contributed by atoms with Gasteiger partial charge in [0.05, 0.1) is 6.54 Å². The second-order valence-corrected chi connectivity index (χ2v) is 8.72. The van der Waals surface area contributed by atoms with Crippen molar-refractivity contribution in [2.24, 2.45) is 23.2 Å². The molecule has 0 amide bonds. The third kappa shape index (κ3) is 2.49. The van der Waals surface area contributed by atoms with E-state index in [1.54, 1.807) is 11.3 Å². The maximum atomic E-state index is 12.9. The first-order valence-electron chi connectivity index (χ1n) is 8.45. The van der Waals surface area contributed by atoms with Gasteiger partial charge in [-0.15, -0.1) is 11.3 Å². The first kappa shape index (κ1) is 14.0. The lowest BCUT2D eigenvalue weighted by atomic mass is 9.48. The number of rotatable bonds is 5. The van der Waals surface area contributed by atoms with Crippen molar-refractivity contribution in [2.45, 2.75) is 51.5 Å². The van der Waals surface area contributed by atoms with Crippen LogP contribution in [0.15, 0.2) is 17.5 Å². The lowest BCUT2D eigenvalue weighted by Crippen LogP contribution is -2.52. The van der Waals surface area contributed by atoms with E-state index in [0.717, 1.165) is 17.8 Å². The number of Topliss-reactive ketones (excluding diaryl/α,β-unsaturated/α-hetero) is 1. The molecule has 0 spiro atoms. The average molecular weight is 303 g/mol. The van der Waals surface area contributed by atoms with Crippen molar-refractivity contribution < 1.29 is 4.79 Å². The first-order chi connectivity index (χ1) is 10.1. The van der Waals surface area contributed by atoms with Crippen molar-refractivity contribution in [1.29, 1.82) is 0 Å². The first-order valence-corrected chi connectivity index (χ1v) is 9.33. The van der Waals surface area contributed by atoms with Crippen molar-refractivity contribution in [3.63, 3.8) is 0 Å². The summed E-state index contributed by atoms with van der Waals surface area (Å²) in [4.78, 5) is 14.2. The van der Waals surface area contributed by atoms with E-state index in [1.807, 2.05) is 0 Å². The van der Waals surface area contributed by atoms with E-state index in [2.05, 4.69) is 29.8 Å². The summed E-state index contributed by atoms with van der Waals surface area (Å²) in [5.74, 6) is 3.07. The molecular formula is C18H25NOS. The van der Waals surface area contributed by atoms with Crippen LogP contribution in [0.1, 0.15) is 56.4 Å². The molecular weight excluding hydrogens is 278 g/mol. The predicted octanol–water partition coefficient (Wildman–Crippen LogP) is 4.18. The summed E-state index contributed by atoms with van der Waals surface area (Å²) >= 11 is 1.77. The molecule has 0 saturated heterocycles. The summed E-state index contributed by atoms with van der Waals surface area (Å²) in [6, 6.07) is 4.53. The molecule has 4 saturated carbocycles. The molecule has 0 aromatic carbocycles. The molecule has 1 N–H and O–H groups in total. The van der Waals surface area contributed by atoms with Gasteiger partial charge in [0.25, 0.3) is 0 Å². The Morgan fingerprint density at radius 3 is 2.43 bits per heavy atom. The van der Waals surface area contributed by atoms with Gasteiger partial charge in [0, 0.05) is 16.3 Å². The van der Waals surface area contributed by atoms with Gasteiger partial charge in [-0.3, -0.25) is 4.79 Å². The van der Waals surface area contributed by atoms with E-state index in [1.165, 1.54) is 43.4 Å². The van der Waals surface area contributed by atoms with Crippen LogP contribution in [-0.4, -0.2) is 12.3 Å². The van der Waals surface area contributed by atoms with E-state index in [0.29, 0.717) is 18.4 Å². The van der Waals surface area contributed by atoms with Crippen LogP contribution in [0, 0.1) is 23.2 Å². The van der Waals surface area contributed by atoms with Gasteiger partial charge in [-0.2, -0.15) is 0 Å². The topological polar surface area (TPSA) is 29.1 Å². The Labute approximate surface area is 131 Å². The molecule has 2 nitrogen and oxygen atoms in total. The van der Waals surface area contributed by atoms with Crippen molar-refractivity contribution in [2.75, 3.05) is 6.54 Å². The van der Waals surface area contributed by atoms with Crippen LogP contribution in [-0.2, 0) is 4.79 Å². The molecule has 21 heavy (non-hydrogen) atoms. The number of ketones is 1. The van der Waals surface area contributed by atoms with Gasteiger partial charge in [-0.05, 0) is 74.6 Å². The zero-order chi connectivity index (χ0) is 14.4. The van der Waals surface area contributed by atoms with Crippen LogP contribution in [0.3, 0.4) is 0 Å². The summed E-state index contributed by atoms with van der Waals surface area (Å²) in [6.45, 7) is 2.73. The number of carbonyl (C=O) groups excluding carboxylic acids is 1. The smallest absolute Gasteiger partial charge is 0.152 e. The largest absolute Gasteiger partial charge is 0.303 e. The highest BCUT2D eigenvalue weighted by Gasteiger charge is 2.53. The Morgan fingerprint density at radius 1 is 1.29 bits per heavy atom. The predicted molar refractivity (Wildman–Crippen MR) is 86.3 cm³/mol. The molecule has 4 aliphatic carbocycles. The quantitative estimate of drug-likeness (QED) is 0.884. The molecule has 1 atom stereocenters. The molecule has 4 bridgehead atoms. The molecule has 1 aromatic heterocycles. The highest BCUT2D eigenvalue weighted by Crippen LogP contribution is 2.60. The van der Waals surface area contributed by atoms with Crippen LogP contribution in [0.4, 0.5) is 0 Å². The third-order valence-corrected chi connectivity index (χ3v) is 7.22. The summed E-state index contributed by atoms with van der Waals surface area (Å²) in [5, 5.41) is 5.58. The van der Waals surface area contributed by atoms with Crippen molar-refractivity contribution >= 4 is 17.1 Å². The second kappa shape index (κ2) is 5.20. The number of carbonyl (C=O) groups is 1. The average Bonchev–Trinajstić information content (AvgIpc) is 2.97. The minimum atomic E-state index is 0.0525. The lowest BCUT2D eigenvalue weighted by Gasteiger charge is -2.56. The Bertz CT molecular complexity index is 486. The molecule has 1 unspecified atom stereocenters. The summed E-state index contributed by atoms with van der Waals surface area (Å²) in [6.07, 6.45) is 7.79. The molecule has 0 radical (unpaired) electrons. The van der Waals surface area contributed by atoms with Crippen LogP contribution in [0.5, 0.6) is 0 Å². The number of hydrogen-bond acceptors (Lipinski definition) is 3. The summed E-state index contributed by atoms with van der Waals surface area (Å²) in [5.41, 5.74) is 0.0525. The maximum Gasteiger partial charge on any atom is 0.152 e. The fourth-order valence-electron chi connectivity index (χ4n) is 5.52. The zero-order valence-electron chi connectivity index (χ0n) is 12.8. The highest BCUT2D eigenvalue weighted by molar-refractivity contribution is 7.10. The van der Waals surface area contributed by atoms with Crippen molar-refractivity contribution in [3.8, 4) is 0 Å². The fraction of sp³-hybridized carbons (Fsp3) is 0.722. The Hall–Kier alpha value is -0.670. The molecule has 1 aromatic rings. The van der Waals surface area contributed by atoms with Gasteiger partial charge >= 0.3 is 0 Å². The van der Waals surface area contributed by atoms with Crippen molar-refractivity contribution in [1.82, 2.24) is 5.32 Å². The molecule has 4 fully saturated rings. The number of hydrogen-bond donors (Lipinski definition) is 1. The SMILES string of the molecule is CC(NCC(=O)C12CC3CC(CC(C3)C1)C2)c1cccs1. The van der Waals surface area contributed by atoms with E-state index < -0.39 is 0 Å². The minimum Gasteiger partial charge on any atom is -0.303 e. The Balaban J connectivity index is 1.41. The van der Waals surface area contributed by atoms with E-state index in [4.69, 9.17) is 0 Å². The van der Waals surface area contributed by atoms with E-state index >= 15 is 0 Å². The normalized spacial score (nSPS) is 38.6. The van der Waals surface area contributed by atoms with Crippen LogP contribution in [0.2, 0.25) is 0 Å². The van der Waals surface area contributed by atoms with Gasteiger partial charge in [0.15, 0.2) is 5.78 Å². The summed E-state index contributed by atoms with van der Waals surface area (Å²) in [7, 11) is 0. The van der Waals surface area contributed by atoms with Gasteiger partial charge in [0.1, 0.15) is 0 Å². The monoisotopic (exact) mass is 303 g/mol. The molecule has 4 aliphatic rings. The van der Waals surface area contributed by atoms with Gasteiger partial charge in [-0.1, -0.05) is 6.07 Å². The third-order valence-electron chi connectivity index (χ3n) is 6.17. The van der Waals surface area contributed by atoms with Gasteiger partial charge in [0.2, 0.25) is 0 Å². The van der Waals surface area contributed by atoms with Crippen molar-refractivity contribution in [3.05, 3.63) is 22.4 Å². The Morgan fingerprint density at radius 2 is 1.90 bits per heavy atom. The fourth-order valence-corrected chi connectivity index (χ4v) is 6.28. The molecule has 114 valence electrons. The van der Waals surface area contributed by atoms with Gasteiger partial charge in [-0.25, -0.2) is 0 Å². The molecule has 1 heterocycles. The molecule has 3 heteroatoms. The molecule has 5 rings (SSSR count). The van der Waals surface area contributed by atoms with Crippen LogP contribution in [0.25, 0.3) is 0 Å². The van der Waals surface area contributed by atoms with Crippen LogP contribution >= 0.6 is 11.3 Å². The zero-order valence-corrected chi connectivity index (χ0v) is 13.6. The molecule has 0 aliphatic heterocycles. The van der Waals surface area contributed by atoms with E-state index in [-0.39, 0.29) is 5.41 Å². The number of thiophene rings is 1. The number of nitrogens with one attached hydrogen (secondary N) is 1. The highest BCUT2D eigenvalue weighted by atomic mass is 32.1. The lowest BCUT2D eigenvalue weighted by molar-refractivity contribution is -0.143. The second-order valence-electron chi connectivity index (χ2n) is 7.74. The van der Waals surface area contributed by atoms with Crippen LogP contribution < -0.4 is 5.32 Å². The minimum absolute atomic E-state index is 0.0525. The maximum absolute atomic E-state index is 12.9. The summed E-state index contributed by atoms with van der Waals surface area (Å²) < 4.78 is 0. The standard InChI is InChI=1S/C18H25NOS/c1-12(16-3-2-4-21-16)19-11-17(20)18-8-13-5-14(9-18)7-15(6-13)10-18/h2-4,12-15,19H,5-11H2,1H3.